The first-order valence-corrected chi connectivity index (χ1v) is 11.3. The van der Waals surface area contributed by atoms with E-state index >= 15 is 0 Å². The van der Waals surface area contributed by atoms with Gasteiger partial charge >= 0.3 is 0 Å². The van der Waals surface area contributed by atoms with Crippen LogP contribution in [0.15, 0.2) is 53.8 Å². The van der Waals surface area contributed by atoms with Gasteiger partial charge in [0.05, 0.1) is 31.8 Å². The number of Topliss-reactive ketones (excluding diaryl/α,β-unsaturated/α-hetero) is 1. The Kier molecular flexibility index (Phi) is 5.48. The lowest BCUT2D eigenvalue weighted by atomic mass is 9.77. The van der Waals surface area contributed by atoms with E-state index in [-0.39, 0.29) is 41.0 Å². The molecule has 1 N–H and O–H groups in total. The lowest BCUT2D eigenvalue weighted by molar-refractivity contribution is -0.135. The molecule has 1 saturated carbocycles. The minimum Gasteiger partial charge on any atom is -0.504 e. The molecular weight excluding hydrogens is 422 g/mol. The number of phenolic OH excluding ortho intramolecular Hbond substituents is 1. The molecule has 0 bridgehead atoms. The molecule has 172 valence electrons. The van der Waals surface area contributed by atoms with E-state index in [9.17, 15) is 14.7 Å². The Labute approximate surface area is 192 Å². The second-order valence-corrected chi connectivity index (χ2v) is 8.77. The molecule has 2 aromatic rings. The number of phenols is 1. The summed E-state index contributed by atoms with van der Waals surface area (Å²) < 4.78 is 16.7. The van der Waals surface area contributed by atoms with Crippen LogP contribution in [-0.2, 0) is 20.9 Å². The van der Waals surface area contributed by atoms with Gasteiger partial charge in [-0.2, -0.15) is 0 Å². The summed E-state index contributed by atoms with van der Waals surface area (Å²) in [6.07, 6.45) is 3.32. The van der Waals surface area contributed by atoms with Gasteiger partial charge in [0.1, 0.15) is 11.9 Å². The Morgan fingerprint density at radius 2 is 1.79 bits per heavy atom. The van der Waals surface area contributed by atoms with Crippen molar-refractivity contribution in [2.75, 3.05) is 14.2 Å². The normalized spacial score (nSPS) is 24.3. The highest BCUT2D eigenvalue weighted by Gasteiger charge is 2.52. The third kappa shape index (κ3) is 3.61. The van der Waals surface area contributed by atoms with Crippen LogP contribution >= 0.6 is 0 Å². The minimum atomic E-state index is -0.612. The first kappa shape index (κ1) is 21.4. The zero-order chi connectivity index (χ0) is 23.1. The van der Waals surface area contributed by atoms with Crippen molar-refractivity contribution in [3.8, 4) is 17.2 Å². The fourth-order valence-electron chi connectivity index (χ4n) is 5.19. The highest BCUT2D eigenvalue weighted by atomic mass is 16.5. The minimum absolute atomic E-state index is 0.0000428. The average Bonchev–Trinajstić information content (AvgIpc) is 3.12. The molecule has 1 aliphatic carbocycles. The summed E-state index contributed by atoms with van der Waals surface area (Å²) in [6, 6.07) is 11.8. The van der Waals surface area contributed by atoms with Gasteiger partial charge in [0.15, 0.2) is 23.0 Å². The van der Waals surface area contributed by atoms with E-state index in [0.29, 0.717) is 17.7 Å². The number of hydrogen-bond donors (Lipinski definition) is 1. The number of hydrogen-bond acceptors (Lipinski definition) is 6. The Bertz CT molecular complexity index is 1120. The van der Waals surface area contributed by atoms with Crippen LogP contribution in [0.3, 0.4) is 0 Å². The average molecular weight is 450 g/mol. The Morgan fingerprint density at radius 3 is 2.52 bits per heavy atom. The van der Waals surface area contributed by atoms with E-state index in [1.54, 1.807) is 24.1 Å². The van der Waals surface area contributed by atoms with Gasteiger partial charge in [-0.25, -0.2) is 0 Å². The molecule has 0 saturated heterocycles. The Morgan fingerprint density at radius 1 is 1.03 bits per heavy atom. The maximum Gasteiger partial charge on any atom is 0.290 e. The standard InChI is InChI=1S/C26H27NO6/c1-31-17-10-7-15(8-11-17)14-27-23(16-9-12-19(28)21(13-16)32-2)22-24(29)18-5-3-4-6-20(18)33-25(22)26(27)30/h7-13,18,20,23,28H,3-6,14H2,1-2H3. The molecule has 1 fully saturated rings. The van der Waals surface area contributed by atoms with Crippen molar-refractivity contribution in [2.24, 2.45) is 5.92 Å². The smallest absolute Gasteiger partial charge is 0.290 e. The van der Waals surface area contributed by atoms with Crippen LogP contribution in [-0.4, -0.2) is 42.0 Å². The first-order chi connectivity index (χ1) is 16.0. The fraction of sp³-hybridized carbons (Fsp3) is 0.385. The number of carbonyl (C=O) groups excluding carboxylic acids is 2. The lowest BCUT2D eigenvalue weighted by Gasteiger charge is -2.35. The van der Waals surface area contributed by atoms with Crippen molar-refractivity contribution in [3.63, 3.8) is 0 Å². The molecule has 3 atom stereocenters. The maximum absolute atomic E-state index is 13.7. The van der Waals surface area contributed by atoms with E-state index < -0.39 is 6.04 Å². The summed E-state index contributed by atoms with van der Waals surface area (Å²) in [6.45, 7) is 0.301. The molecule has 1 amide bonds. The molecule has 7 heteroatoms. The summed E-state index contributed by atoms with van der Waals surface area (Å²) >= 11 is 0. The van der Waals surface area contributed by atoms with E-state index in [1.165, 1.54) is 13.2 Å². The number of amides is 1. The largest absolute Gasteiger partial charge is 0.504 e. The van der Waals surface area contributed by atoms with Crippen LogP contribution in [0.1, 0.15) is 42.9 Å². The van der Waals surface area contributed by atoms with Crippen LogP contribution < -0.4 is 9.47 Å². The van der Waals surface area contributed by atoms with Crippen molar-refractivity contribution in [3.05, 3.63) is 64.9 Å². The third-order valence-corrected chi connectivity index (χ3v) is 6.89. The van der Waals surface area contributed by atoms with Gasteiger partial charge in [-0.05, 0) is 54.7 Å². The van der Waals surface area contributed by atoms with Gasteiger partial charge in [0.2, 0.25) is 0 Å². The zero-order valence-corrected chi connectivity index (χ0v) is 18.7. The number of carbonyl (C=O) groups is 2. The molecule has 2 aliphatic heterocycles. The molecule has 0 radical (unpaired) electrons. The predicted molar refractivity (Wildman–Crippen MR) is 120 cm³/mol. The number of ketones is 1. The predicted octanol–water partition coefficient (Wildman–Crippen LogP) is 3.91. The molecule has 3 aliphatic rings. The van der Waals surface area contributed by atoms with E-state index in [4.69, 9.17) is 14.2 Å². The molecule has 5 rings (SSSR count). The van der Waals surface area contributed by atoms with Gasteiger partial charge in [0, 0.05) is 6.54 Å². The number of ether oxygens (including phenoxy) is 3. The highest BCUT2D eigenvalue weighted by Crippen LogP contribution is 2.48. The highest BCUT2D eigenvalue weighted by molar-refractivity contribution is 6.11. The van der Waals surface area contributed by atoms with E-state index in [2.05, 4.69) is 0 Å². The fourth-order valence-corrected chi connectivity index (χ4v) is 5.19. The van der Waals surface area contributed by atoms with Crippen molar-refractivity contribution < 1.29 is 28.9 Å². The van der Waals surface area contributed by atoms with Gasteiger partial charge in [-0.1, -0.05) is 24.6 Å². The number of methoxy groups -OCH3 is 2. The SMILES string of the molecule is COc1ccc(CN2C(=O)C3=C(C(=O)C4CCCCC4O3)C2c2ccc(O)c(OC)c2)cc1. The van der Waals surface area contributed by atoms with Gasteiger partial charge in [-0.3, -0.25) is 9.59 Å². The van der Waals surface area contributed by atoms with Crippen LogP contribution in [0, 0.1) is 5.92 Å². The molecule has 0 aromatic heterocycles. The summed E-state index contributed by atoms with van der Waals surface area (Å²) in [5.41, 5.74) is 2.02. The molecule has 2 aromatic carbocycles. The topological polar surface area (TPSA) is 85.3 Å². The van der Waals surface area contributed by atoms with Crippen LogP contribution in [0.5, 0.6) is 17.2 Å². The second-order valence-electron chi connectivity index (χ2n) is 8.77. The third-order valence-electron chi connectivity index (χ3n) is 6.89. The summed E-state index contributed by atoms with van der Waals surface area (Å²) in [4.78, 5) is 28.9. The molecular formula is C26H27NO6. The van der Waals surface area contributed by atoms with Gasteiger partial charge in [0.25, 0.3) is 5.91 Å². The van der Waals surface area contributed by atoms with Crippen LogP contribution in [0.4, 0.5) is 0 Å². The molecule has 3 unspecified atom stereocenters. The first-order valence-electron chi connectivity index (χ1n) is 11.3. The van der Waals surface area contributed by atoms with Crippen LogP contribution in [0.2, 0.25) is 0 Å². The number of rotatable bonds is 5. The summed E-state index contributed by atoms with van der Waals surface area (Å²) in [5.74, 6) is 0.699. The number of nitrogens with zero attached hydrogens (tertiary/aromatic N) is 1. The molecule has 33 heavy (non-hydrogen) atoms. The van der Waals surface area contributed by atoms with Gasteiger partial charge < -0.3 is 24.2 Å². The van der Waals surface area contributed by atoms with Crippen molar-refractivity contribution in [2.45, 2.75) is 44.4 Å². The molecule has 2 heterocycles. The summed E-state index contributed by atoms with van der Waals surface area (Å²) in [5, 5.41) is 10.1. The Hall–Kier alpha value is -3.48. The van der Waals surface area contributed by atoms with E-state index in [0.717, 1.165) is 37.0 Å². The van der Waals surface area contributed by atoms with E-state index in [1.807, 2.05) is 24.3 Å². The molecule has 7 nitrogen and oxygen atoms in total. The lowest BCUT2D eigenvalue weighted by Crippen LogP contribution is -2.39. The maximum atomic E-state index is 13.7. The van der Waals surface area contributed by atoms with Crippen molar-refractivity contribution >= 4 is 11.7 Å². The monoisotopic (exact) mass is 449 g/mol. The van der Waals surface area contributed by atoms with Crippen molar-refractivity contribution in [1.29, 1.82) is 0 Å². The zero-order valence-electron chi connectivity index (χ0n) is 18.7. The van der Waals surface area contributed by atoms with Crippen molar-refractivity contribution in [1.82, 2.24) is 4.90 Å². The van der Waals surface area contributed by atoms with Gasteiger partial charge in [-0.15, -0.1) is 0 Å². The molecule has 0 spiro atoms. The summed E-state index contributed by atoms with van der Waals surface area (Å²) in [7, 11) is 3.08. The van der Waals surface area contributed by atoms with Crippen LogP contribution in [0.25, 0.3) is 0 Å². The number of benzene rings is 2. The Balaban J connectivity index is 1.58. The second kappa shape index (κ2) is 8.46. The quantitative estimate of drug-likeness (QED) is 0.745. The number of aromatic hydroxyl groups is 1. The number of fused-ring (bicyclic) bond motifs is 1.